The molecule has 1 unspecified atom stereocenters. The van der Waals surface area contributed by atoms with Crippen LogP contribution in [0.2, 0.25) is 0 Å². The molecule has 0 saturated carbocycles. The van der Waals surface area contributed by atoms with Crippen LogP contribution in [-0.4, -0.2) is 73.7 Å². The molecule has 2 amide bonds. The third-order valence-electron chi connectivity index (χ3n) is 4.25. The summed E-state index contributed by atoms with van der Waals surface area (Å²) in [6, 6.07) is -0.219. The van der Waals surface area contributed by atoms with Crippen LogP contribution >= 0.6 is 0 Å². The number of hydrogen-bond acceptors (Lipinski definition) is 3. The second kappa shape index (κ2) is 8.06. The number of urea groups is 1. The summed E-state index contributed by atoms with van der Waals surface area (Å²) in [5.74, 6) is -2.61. The van der Waals surface area contributed by atoms with Crippen molar-refractivity contribution < 1.29 is 18.3 Å². The van der Waals surface area contributed by atoms with Crippen molar-refractivity contribution in [1.29, 1.82) is 0 Å². The van der Waals surface area contributed by atoms with Crippen molar-refractivity contribution in [3.05, 3.63) is 0 Å². The lowest BCUT2D eigenvalue weighted by atomic mass is 10.1. The average molecular weight is 319 g/mol. The molecule has 128 valence electrons. The number of rotatable bonds is 4. The fourth-order valence-corrected chi connectivity index (χ4v) is 2.93. The van der Waals surface area contributed by atoms with Gasteiger partial charge in [0, 0.05) is 52.2 Å². The van der Waals surface area contributed by atoms with Gasteiger partial charge in [0.25, 0.3) is 5.92 Å². The maximum absolute atomic E-state index is 13.0. The first-order valence-electron chi connectivity index (χ1n) is 8.21. The summed E-state index contributed by atoms with van der Waals surface area (Å²) in [6.07, 6.45) is 1.70. The van der Waals surface area contributed by atoms with Gasteiger partial charge in [0.2, 0.25) is 0 Å². The van der Waals surface area contributed by atoms with Gasteiger partial charge >= 0.3 is 6.03 Å². The van der Waals surface area contributed by atoms with Crippen LogP contribution < -0.4 is 5.32 Å². The highest BCUT2D eigenvalue weighted by Gasteiger charge is 2.35. The third kappa shape index (κ3) is 5.68. The number of halogens is 2. The van der Waals surface area contributed by atoms with Gasteiger partial charge in [-0.05, 0) is 26.3 Å². The Kier molecular flexibility index (Phi) is 6.37. The summed E-state index contributed by atoms with van der Waals surface area (Å²) in [7, 11) is 0. The monoisotopic (exact) mass is 319 g/mol. The summed E-state index contributed by atoms with van der Waals surface area (Å²) in [5, 5.41) is 2.83. The van der Waals surface area contributed by atoms with Gasteiger partial charge in [0.1, 0.15) is 0 Å². The molecule has 0 bridgehead atoms. The van der Waals surface area contributed by atoms with Crippen molar-refractivity contribution in [2.45, 2.75) is 44.6 Å². The molecule has 0 aromatic rings. The predicted octanol–water partition coefficient (Wildman–Crippen LogP) is 1.93. The van der Waals surface area contributed by atoms with Crippen LogP contribution in [0.4, 0.5) is 13.6 Å². The first-order valence-corrected chi connectivity index (χ1v) is 8.21. The van der Waals surface area contributed by atoms with Crippen LogP contribution in [0.1, 0.15) is 32.6 Å². The van der Waals surface area contributed by atoms with Crippen molar-refractivity contribution in [2.75, 3.05) is 45.9 Å². The number of amides is 2. The second-order valence-electron chi connectivity index (χ2n) is 6.26. The maximum Gasteiger partial charge on any atom is 0.317 e. The Morgan fingerprint density at radius 2 is 2.05 bits per heavy atom. The quantitative estimate of drug-likeness (QED) is 0.805. The smallest absolute Gasteiger partial charge is 0.317 e. The average Bonchev–Trinajstić information content (AvgIpc) is 2.67. The molecule has 0 aromatic carbocycles. The number of carbonyl (C=O) groups is 1. The van der Waals surface area contributed by atoms with Crippen molar-refractivity contribution in [3.8, 4) is 0 Å². The molecule has 5 nitrogen and oxygen atoms in total. The first kappa shape index (κ1) is 17.4. The van der Waals surface area contributed by atoms with Gasteiger partial charge in [-0.3, -0.25) is 0 Å². The normalized spacial score (nSPS) is 26.5. The fourth-order valence-electron chi connectivity index (χ4n) is 2.93. The second-order valence-corrected chi connectivity index (χ2v) is 6.26. The van der Waals surface area contributed by atoms with Gasteiger partial charge in [-0.25, -0.2) is 13.6 Å². The number of likely N-dealkylation sites (tertiary alicyclic amines) is 1. The molecule has 1 atom stereocenters. The molecular weight excluding hydrogens is 292 g/mol. The van der Waals surface area contributed by atoms with Crippen molar-refractivity contribution >= 4 is 6.03 Å². The largest absolute Gasteiger partial charge is 0.377 e. The summed E-state index contributed by atoms with van der Waals surface area (Å²) in [5.41, 5.74) is 0. The number of carbonyl (C=O) groups excluding carboxylic acids is 1. The standard InChI is InChI=1S/C15H27F2N3O2/c1-13-12-19(8-3-11-22-13)7-2-6-18-14(21)20-9-4-15(16,17)5-10-20/h13H,2-12H2,1H3,(H,18,21). The summed E-state index contributed by atoms with van der Waals surface area (Å²) < 4.78 is 31.7. The fraction of sp³-hybridized carbons (Fsp3) is 0.933. The SMILES string of the molecule is CC1CN(CCCNC(=O)N2CCC(F)(F)CC2)CCCO1. The summed E-state index contributed by atoms with van der Waals surface area (Å²) >= 11 is 0. The molecule has 0 aliphatic carbocycles. The lowest BCUT2D eigenvalue weighted by Gasteiger charge is -2.31. The van der Waals surface area contributed by atoms with Gasteiger partial charge in [0.05, 0.1) is 6.10 Å². The van der Waals surface area contributed by atoms with E-state index >= 15 is 0 Å². The molecule has 2 aliphatic rings. The lowest BCUT2D eigenvalue weighted by molar-refractivity contribution is -0.0469. The van der Waals surface area contributed by atoms with E-state index in [4.69, 9.17) is 4.74 Å². The van der Waals surface area contributed by atoms with E-state index in [1.165, 1.54) is 4.90 Å². The van der Waals surface area contributed by atoms with E-state index in [2.05, 4.69) is 17.1 Å². The topological polar surface area (TPSA) is 44.8 Å². The van der Waals surface area contributed by atoms with E-state index in [0.717, 1.165) is 39.1 Å². The molecule has 2 fully saturated rings. The van der Waals surface area contributed by atoms with Crippen LogP contribution in [0, 0.1) is 0 Å². The molecule has 22 heavy (non-hydrogen) atoms. The Balaban J connectivity index is 1.59. The highest BCUT2D eigenvalue weighted by molar-refractivity contribution is 5.74. The van der Waals surface area contributed by atoms with E-state index in [-0.39, 0.29) is 38.1 Å². The van der Waals surface area contributed by atoms with E-state index < -0.39 is 5.92 Å². The van der Waals surface area contributed by atoms with E-state index in [9.17, 15) is 13.6 Å². The van der Waals surface area contributed by atoms with E-state index in [0.29, 0.717) is 6.54 Å². The summed E-state index contributed by atoms with van der Waals surface area (Å²) in [4.78, 5) is 15.7. The van der Waals surface area contributed by atoms with Crippen LogP contribution in [0.25, 0.3) is 0 Å². The van der Waals surface area contributed by atoms with Gasteiger partial charge in [0.15, 0.2) is 0 Å². The van der Waals surface area contributed by atoms with Crippen molar-refractivity contribution in [2.24, 2.45) is 0 Å². The Bertz CT molecular complexity index is 359. The third-order valence-corrected chi connectivity index (χ3v) is 4.25. The van der Waals surface area contributed by atoms with Crippen LogP contribution in [0.5, 0.6) is 0 Å². The van der Waals surface area contributed by atoms with Crippen LogP contribution in [0.3, 0.4) is 0 Å². The lowest BCUT2D eigenvalue weighted by Crippen LogP contribution is -2.47. The highest BCUT2D eigenvalue weighted by Crippen LogP contribution is 2.27. The first-order chi connectivity index (χ1) is 10.5. The molecule has 0 radical (unpaired) electrons. The predicted molar refractivity (Wildman–Crippen MR) is 80.2 cm³/mol. The molecule has 2 aliphatic heterocycles. The Morgan fingerprint density at radius 3 is 2.77 bits per heavy atom. The number of hydrogen-bond donors (Lipinski definition) is 1. The van der Waals surface area contributed by atoms with Crippen molar-refractivity contribution in [1.82, 2.24) is 15.1 Å². The molecule has 2 heterocycles. The Labute approximate surface area is 131 Å². The minimum absolute atomic E-state index is 0.139. The zero-order valence-corrected chi connectivity index (χ0v) is 13.3. The molecular formula is C15H27F2N3O2. The molecule has 1 N–H and O–H groups in total. The zero-order chi connectivity index (χ0) is 16.0. The molecule has 0 spiro atoms. The van der Waals surface area contributed by atoms with Gasteiger partial charge in [-0.1, -0.05) is 0 Å². The molecule has 0 aromatic heterocycles. The van der Waals surface area contributed by atoms with Gasteiger partial charge < -0.3 is 19.9 Å². The number of piperidine rings is 1. The number of nitrogens with one attached hydrogen (secondary N) is 1. The number of ether oxygens (including phenoxy) is 1. The zero-order valence-electron chi connectivity index (χ0n) is 13.3. The maximum atomic E-state index is 13.0. The Hall–Kier alpha value is -0.950. The minimum Gasteiger partial charge on any atom is -0.377 e. The van der Waals surface area contributed by atoms with Crippen molar-refractivity contribution in [3.63, 3.8) is 0 Å². The molecule has 7 heteroatoms. The Morgan fingerprint density at radius 1 is 1.32 bits per heavy atom. The number of alkyl halides is 2. The van der Waals surface area contributed by atoms with Crippen LogP contribution in [0.15, 0.2) is 0 Å². The minimum atomic E-state index is -2.61. The van der Waals surface area contributed by atoms with Gasteiger partial charge in [-0.2, -0.15) is 0 Å². The molecule has 2 rings (SSSR count). The van der Waals surface area contributed by atoms with Gasteiger partial charge in [-0.15, -0.1) is 0 Å². The molecule has 2 saturated heterocycles. The van der Waals surface area contributed by atoms with E-state index in [1.807, 2.05) is 0 Å². The highest BCUT2D eigenvalue weighted by atomic mass is 19.3. The summed E-state index contributed by atoms with van der Waals surface area (Å²) in [6.45, 7) is 6.62. The van der Waals surface area contributed by atoms with E-state index in [1.54, 1.807) is 0 Å². The van der Waals surface area contributed by atoms with Crippen LogP contribution in [-0.2, 0) is 4.74 Å². The number of nitrogens with zero attached hydrogens (tertiary/aromatic N) is 2.